The Morgan fingerprint density at radius 2 is 2.35 bits per heavy atom. The summed E-state index contributed by atoms with van der Waals surface area (Å²) >= 11 is 0. The number of amides is 1. The molecule has 5 heteroatoms. The minimum atomic E-state index is -0.628. The van der Waals surface area contributed by atoms with Crippen LogP contribution in [0.15, 0.2) is 6.20 Å². The third-order valence-electron chi connectivity index (χ3n) is 4.84. The van der Waals surface area contributed by atoms with Crippen molar-refractivity contribution in [2.45, 2.75) is 51.2 Å². The molecule has 1 fully saturated rings. The lowest BCUT2D eigenvalue weighted by Crippen LogP contribution is -2.50. The molecule has 1 N–H and O–H groups in total. The van der Waals surface area contributed by atoms with E-state index in [1.807, 2.05) is 20.2 Å². The number of aliphatic hydroxyl groups is 1. The number of hydrogen-bond acceptors (Lipinski definition) is 3. The van der Waals surface area contributed by atoms with Crippen LogP contribution < -0.4 is 0 Å². The number of imidazole rings is 1. The van der Waals surface area contributed by atoms with Gasteiger partial charge in [-0.25, -0.2) is 4.98 Å². The second-order valence-electron chi connectivity index (χ2n) is 6.41. The van der Waals surface area contributed by atoms with E-state index < -0.39 is 5.60 Å². The van der Waals surface area contributed by atoms with Crippen LogP contribution in [0, 0.1) is 12.8 Å². The van der Waals surface area contributed by atoms with Crippen molar-refractivity contribution in [3.63, 3.8) is 0 Å². The smallest absolute Gasteiger partial charge is 0.225 e. The van der Waals surface area contributed by atoms with Crippen LogP contribution in [0.25, 0.3) is 0 Å². The number of nitrogens with zero attached hydrogens (tertiary/aromatic N) is 3. The average Bonchev–Trinajstić information content (AvgIpc) is 2.77. The summed E-state index contributed by atoms with van der Waals surface area (Å²) in [6.07, 6.45) is 6.23. The summed E-state index contributed by atoms with van der Waals surface area (Å²) in [5.41, 5.74) is 0.528. The molecule has 1 saturated carbocycles. The largest absolute Gasteiger partial charge is 0.388 e. The Morgan fingerprint density at radius 1 is 1.60 bits per heavy atom. The molecule has 3 rings (SSSR count). The van der Waals surface area contributed by atoms with Gasteiger partial charge in [0.25, 0.3) is 0 Å². The predicted molar refractivity (Wildman–Crippen MR) is 75.2 cm³/mol. The molecule has 1 aromatic heterocycles. The first-order chi connectivity index (χ1) is 9.48. The number of aromatic nitrogens is 2. The normalized spacial score (nSPS) is 23.9. The molecule has 20 heavy (non-hydrogen) atoms. The van der Waals surface area contributed by atoms with Crippen LogP contribution in [0.2, 0.25) is 0 Å². The van der Waals surface area contributed by atoms with E-state index in [4.69, 9.17) is 0 Å². The highest BCUT2D eigenvalue weighted by atomic mass is 16.3. The topological polar surface area (TPSA) is 58.4 Å². The van der Waals surface area contributed by atoms with Crippen molar-refractivity contribution >= 4 is 5.91 Å². The second kappa shape index (κ2) is 4.88. The first kappa shape index (κ1) is 13.6. The first-order valence-electron chi connectivity index (χ1n) is 7.47. The predicted octanol–water partition coefficient (Wildman–Crippen LogP) is 1.13. The summed E-state index contributed by atoms with van der Waals surface area (Å²) in [5.74, 6) is 1.23. The van der Waals surface area contributed by atoms with E-state index in [0.717, 1.165) is 50.2 Å². The van der Waals surface area contributed by atoms with Crippen LogP contribution in [0.5, 0.6) is 0 Å². The minimum absolute atomic E-state index is 0.0345. The lowest BCUT2D eigenvalue weighted by molar-refractivity contribution is -0.141. The molecule has 0 bridgehead atoms. The number of rotatable bonds is 3. The molecule has 1 atom stereocenters. The Balaban J connectivity index is 1.63. The summed E-state index contributed by atoms with van der Waals surface area (Å²) in [4.78, 5) is 18.6. The highest BCUT2D eigenvalue weighted by molar-refractivity contribution is 5.79. The van der Waals surface area contributed by atoms with E-state index in [9.17, 15) is 9.90 Å². The van der Waals surface area contributed by atoms with Gasteiger partial charge in [-0.15, -0.1) is 0 Å². The Morgan fingerprint density at radius 3 is 3.00 bits per heavy atom. The molecule has 2 aliphatic rings. The molecule has 0 spiro atoms. The summed E-state index contributed by atoms with van der Waals surface area (Å²) < 4.78 is 2.20. The van der Waals surface area contributed by atoms with Gasteiger partial charge in [0.1, 0.15) is 5.82 Å². The molecule has 1 aromatic rings. The number of aryl methyl sites for hydroxylation is 1. The molecule has 5 nitrogen and oxygen atoms in total. The summed E-state index contributed by atoms with van der Waals surface area (Å²) in [5, 5.41) is 10.2. The molecule has 0 radical (unpaired) electrons. The number of carbonyl (C=O) groups is 1. The molecule has 2 heterocycles. The van der Waals surface area contributed by atoms with Crippen LogP contribution in [0.4, 0.5) is 0 Å². The molecule has 1 aliphatic heterocycles. The monoisotopic (exact) mass is 277 g/mol. The van der Waals surface area contributed by atoms with Gasteiger partial charge >= 0.3 is 0 Å². The fraction of sp³-hybridized carbons (Fsp3) is 0.733. The van der Waals surface area contributed by atoms with Gasteiger partial charge in [0, 0.05) is 44.4 Å². The molecule has 1 unspecified atom stereocenters. The quantitative estimate of drug-likeness (QED) is 0.901. The van der Waals surface area contributed by atoms with E-state index in [-0.39, 0.29) is 11.8 Å². The Kier molecular flexibility index (Phi) is 3.32. The maximum atomic E-state index is 12.5. The van der Waals surface area contributed by atoms with Gasteiger partial charge in [-0.2, -0.15) is 0 Å². The Bertz CT molecular complexity index is 519. The van der Waals surface area contributed by atoms with Gasteiger partial charge in [0.15, 0.2) is 0 Å². The van der Waals surface area contributed by atoms with E-state index in [1.54, 1.807) is 4.90 Å². The second-order valence-corrected chi connectivity index (χ2v) is 6.41. The van der Waals surface area contributed by atoms with Gasteiger partial charge in [0.05, 0.1) is 5.60 Å². The van der Waals surface area contributed by atoms with Crippen LogP contribution in [-0.4, -0.2) is 44.7 Å². The zero-order valence-corrected chi connectivity index (χ0v) is 12.3. The van der Waals surface area contributed by atoms with Gasteiger partial charge in [-0.05, 0) is 32.6 Å². The van der Waals surface area contributed by atoms with Gasteiger partial charge in [-0.3, -0.25) is 4.79 Å². The molecule has 1 aliphatic carbocycles. The van der Waals surface area contributed by atoms with Gasteiger partial charge in [0.2, 0.25) is 5.91 Å². The van der Waals surface area contributed by atoms with Crippen molar-refractivity contribution < 1.29 is 9.90 Å². The lowest BCUT2D eigenvalue weighted by atomic mass is 9.80. The fourth-order valence-corrected chi connectivity index (χ4v) is 3.41. The lowest BCUT2D eigenvalue weighted by Gasteiger charge is -2.40. The van der Waals surface area contributed by atoms with Crippen LogP contribution in [0.3, 0.4) is 0 Å². The number of fused-ring (bicyclic) bond motifs is 1. The van der Waals surface area contributed by atoms with Crippen molar-refractivity contribution in [2.75, 3.05) is 13.6 Å². The maximum Gasteiger partial charge on any atom is 0.225 e. The van der Waals surface area contributed by atoms with E-state index in [2.05, 4.69) is 9.55 Å². The molecular formula is C15H23N3O2. The van der Waals surface area contributed by atoms with E-state index in [1.165, 1.54) is 0 Å². The highest BCUT2D eigenvalue weighted by Crippen LogP contribution is 2.32. The molecule has 1 amide bonds. The van der Waals surface area contributed by atoms with Crippen molar-refractivity contribution in [1.82, 2.24) is 14.5 Å². The van der Waals surface area contributed by atoms with E-state index in [0.29, 0.717) is 6.54 Å². The third-order valence-corrected chi connectivity index (χ3v) is 4.84. The number of likely N-dealkylation sites (N-methyl/N-ethyl adjacent to an activating group) is 1. The Hall–Kier alpha value is -1.36. The zero-order valence-electron chi connectivity index (χ0n) is 12.3. The SMILES string of the molecule is Cc1ncc2n1CCC(C(=O)N(C)CC1(O)CCC1)C2. The van der Waals surface area contributed by atoms with E-state index >= 15 is 0 Å². The van der Waals surface area contributed by atoms with Crippen molar-refractivity contribution in [3.05, 3.63) is 17.7 Å². The average molecular weight is 277 g/mol. The van der Waals surface area contributed by atoms with Crippen molar-refractivity contribution in [3.8, 4) is 0 Å². The minimum Gasteiger partial charge on any atom is -0.388 e. The number of carbonyl (C=O) groups excluding carboxylic acids is 1. The first-order valence-corrected chi connectivity index (χ1v) is 7.47. The van der Waals surface area contributed by atoms with Crippen molar-refractivity contribution in [2.24, 2.45) is 5.92 Å². The Labute approximate surface area is 119 Å². The van der Waals surface area contributed by atoms with Crippen LogP contribution in [0.1, 0.15) is 37.2 Å². The zero-order chi connectivity index (χ0) is 14.3. The summed E-state index contributed by atoms with van der Waals surface area (Å²) in [6.45, 7) is 3.35. The standard InChI is InChI=1S/C15H23N3O2/c1-11-16-9-13-8-12(4-7-18(11)13)14(19)17(2)10-15(20)5-3-6-15/h9,12,20H,3-8,10H2,1-2H3. The molecule has 0 aromatic carbocycles. The third kappa shape index (κ3) is 2.35. The molecule has 110 valence electrons. The maximum absolute atomic E-state index is 12.5. The van der Waals surface area contributed by atoms with Crippen molar-refractivity contribution in [1.29, 1.82) is 0 Å². The van der Waals surface area contributed by atoms with Gasteiger partial charge in [-0.1, -0.05) is 0 Å². The molecular weight excluding hydrogens is 254 g/mol. The van der Waals surface area contributed by atoms with Crippen LogP contribution >= 0.6 is 0 Å². The number of hydrogen-bond donors (Lipinski definition) is 1. The summed E-state index contributed by atoms with van der Waals surface area (Å²) in [6, 6.07) is 0. The van der Waals surface area contributed by atoms with Crippen LogP contribution in [-0.2, 0) is 17.8 Å². The molecule has 0 saturated heterocycles. The highest BCUT2D eigenvalue weighted by Gasteiger charge is 2.38. The summed E-state index contributed by atoms with van der Waals surface area (Å²) in [7, 11) is 1.82. The fourth-order valence-electron chi connectivity index (χ4n) is 3.41. The van der Waals surface area contributed by atoms with Gasteiger partial charge < -0.3 is 14.6 Å².